The lowest BCUT2D eigenvalue weighted by molar-refractivity contribution is 0.0699. The molecule has 1 saturated carbocycles. The number of amides is 1. The van der Waals surface area contributed by atoms with Crippen molar-refractivity contribution >= 4 is 50.2 Å². The van der Waals surface area contributed by atoms with Crippen LogP contribution in [0.25, 0.3) is 10.2 Å². The Labute approximate surface area is 212 Å². The van der Waals surface area contributed by atoms with Crippen molar-refractivity contribution in [2.24, 2.45) is 0 Å². The molecule has 35 heavy (non-hydrogen) atoms. The van der Waals surface area contributed by atoms with Gasteiger partial charge in [0.2, 0.25) is 0 Å². The smallest absolute Gasteiger partial charge is 0.337 e. The van der Waals surface area contributed by atoms with Crippen molar-refractivity contribution < 1.29 is 14.7 Å². The third kappa shape index (κ3) is 5.00. The van der Waals surface area contributed by atoms with Gasteiger partial charge in [0, 0.05) is 31.2 Å². The number of carbonyl (C=O) groups excluding carboxylic acids is 1. The van der Waals surface area contributed by atoms with Crippen LogP contribution >= 0.6 is 22.9 Å². The number of halogens is 1. The van der Waals surface area contributed by atoms with E-state index in [1.165, 1.54) is 24.2 Å². The van der Waals surface area contributed by atoms with E-state index < -0.39 is 5.97 Å². The van der Waals surface area contributed by atoms with Crippen LogP contribution in [0.15, 0.2) is 18.2 Å². The van der Waals surface area contributed by atoms with Crippen LogP contribution in [0.3, 0.4) is 0 Å². The van der Waals surface area contributed by atoms with E-state index in [1.54, 1.807) is 12.1 Å². The van der Waals surface area contributed by atoms with Gasteiger partial charge in [-0.1, -0.05) is 48.8 Å². The first-order valence-electron chi connectivity index (χ1n) is 12.1. The Morgan fingerprint density at radius 3 is 2.74 bits per heavy atom. The topological polar surface area (TPSA) is 123 Å². The lowest BCUT2D eigenvalue weighted by atomic mass is 9.98. The minimum Gasteiger partial charge on any atom is -0.478 e. The zero-order valence-corrected chi connectivity index (χ0v) is 21.1. The molecular formula is C24H29ClN6O3S. The second-order valence-electron chi connectivity index (χ2n) is 9.23. The molecule has 0 spiro atoms. The number of imidazole rings is 1. The van der Waals surface area contributed by atoms with E-state index in [2.05, 4.69) is 25.5 Å². The zero-order valence-electron chi connectivity index (χ0n) is 19.5. The Kier molecular flexibility index (Phi) is 6.95. The minimum absolute atomic E-state index is 0.0258. The van der Waals surface area contributed by atoms with E-state index in [0.29, 0.717) is 40.9 Å². The van der Waals surface area contributed by atoms with Crippen molar-refractivity contribution in [3.8, 4) is 0 Å². The lowest BCUT2D eigenvalue weighted by Gasteiger charge is -2.40. The van der Waals surface area contributed by atoms with Crippen molar-refractivity contribution in [2.75, 3.05) is 18.0 Å². The summed E-state index contributed by atoms with van der Waals surface area (Å²) in [4.78, 5) is 38.8. The van der Waals surface area contributed by atoms with Crippen LogP contribution in [0, 0.1) is 0 Å². The number of rotatable bonds is 7. The highest BCUT2D eigenvalue weighted by Gasteiger charge is 2.34. The summed E-state index contributed by atoms with van der Waals surface area (Å²) in [6, 6.07) is 5.58. The second kappa shape index (κ2) is 10.1. The summed E-state index contributed by atoms with van der Waals surface area (Å²) >= 11 is 7.55. The summed E-state index contributed by atoms with van der Waals surface area (Å²) in [6.45, 7) is 3.33. The molecule has 2 aromatic heterocycles. The Balaban J connectivity index is 1.35. The van der Waals surface area contributed by atoms with Crippen LogP contribution in [0.5, 0.6) is 0 Å². The molecule has 2 aliphatic rings. The summed E-state index contributed by atoms with van der Waals surface area (Å²) in [7, 11) is 0. The molecule has 1 aliphatic carbocycles. The normalized spacial score (nSPS) is 21.0. The maximum atomic E-state index is 13.0. The number of nitrogens with one attached hydrogen (secondary N) is 3. The number of carbonyl (C=O) groups is 2. The summed E-state index contributed by atoms with van der Waals surface area (Å²) < 4.78 is 0.687. The highest BCUT2D eigenvalue weighted by atomic mass is 35.5. The number of H-pyrrole nitrogens is 1. The fourth-order valence-corrected chi connectivity index (χ4v) is 6.44. The third-order valence-electron chi connectivity index (χ3n) is 6.94. The van der Waals surface area contributed by atoms with Gasteiger partial charge in [-0.25, -0.2) is 14.8 Å². The van der Waals surface area contributed by atoms with Gasteiger partial charge in [-0.3, -0.25) is 4.79 Å². The molecule has 1 amide bonds. The summed E-state index contributed by atoms with van der Waals surface area (Å²) in [6.07, 6.45) is 6.10. The van der Waals surface area contributed by atoms with Crippen LogP contribution in [0.2, 0.25) is 5.15 Å². The number of aromatic carboxylic acids is 1. The highest BCUT2D eigenvalue weighted by Crippen LogP contribution is 2.33. The maximum absolute atomic E-state index is 13.0. The van der Waals surface area contributed by atoms with Crippen molar-refractivity contribution in [3.63, 3.8) is 0 Å². The number of benzene rings is 1. The number of hydrogen-bond donors (Lipinski definition) is 4. The van der Waals surface area contributed by atoms with Crippen LogP contribution in [-0.4, -0.2) is 63.1 Å². The van der Waals surface area contributed by atoms with Crippen molar-refractivity contribution in [2.45, 2.75) is 63.6 Å². The molecule has 0 unspecified atom stereocenters. The Morgan fingerprint density at radius 1 is 1.23 bits per heavy atom. The number of aryl methyl sites for hydroxylation is 1. The second-order valence-corrected chi connectivity index (χ2v) is 10.6. The number of carboxylic acid groups (broad SMARTS) is 1. The van der Waals surface area contributed by atoms with Gasteiger partial charge in [0.05, 0.1) is 21.5 Å². The molecule has 0 radical (unpaired) electrons. The van der Waals surface area contributed by atoms with E-state index in [-0.39, 0.29) is 29.4 Å². The molecule has 0 bridgehead atoms. The third-order valence-corrected chi connectivity index (χ3v) is 8.41. The molecule has 9 nitrogen and oxygen atoms in total. The molecule has 11 heteroatoms. The van der Waals surface area contributed by atoms with Crippen LogP contribution in [-0.2, 0) is 6.42 Å². The Hall–Kier alpha value is -2.69. The number of carboxylic acids is 1. The van der Waals surface area contributed by atoms with Gasteiger partial charge in [0.15, 0.2) is 16.1 Å². The molecule has 1 aromatic carbocycles. The van der Waals surface area contributed by atoms with Gasteiger partial charge in [-0.05, 0) is 37.8 Å². The van der Waals surface area contributed by atoms with Crippen LogP contribution in [0.1, 0.15) is 65.7 Å². The number of aromatic amines is 1. The fraction of sp³-hybridized carbons (Fsp3) is 0.500. The van der Waals surface area contributed by atoms with Gasteiger partial charge in [-0.15, -0.1) is 0 Å². The van der Waals surface area contributed by atoms with Crippen LogP contribution in [0.4, 0.5) is 5.13 Å². The lowest BCUT2D eigenvalue weighted by Crippen LogP contribution is -2.61. The molecule has 3 aromatic rings. The molecule has 1 aliphatic heterocycles. The highest BCUT2D eigenvalue weighted by molar-refractivity contribution is 7.22. The Bertz CT molecular complexity index is 1240. The van der Waals surface area contributed by atoms with E-state index in [0.717, 1.165) is 30.1 Å². The number of nitrogens with zero attached hydrogens (tertiary/aromatic N) is 3. The maximum Gasteiger partial charge on any atom is 0.337 e. The average Bonchev–Trinajstić information content (AvgIpc) is 3.59. The van der Waals surface area contributed by atoms with E-state index >= 15 is 0 Å². The molecule has 3 heterocycles. The standard InChI is InChI=1S/C24H29ClN6O3S/c1-2-15-20(25)30-21(27-15)22(32)28-16-10-11-31(12-18(16)26-13-6-3-4-7-13)24-29-17-9-5-8-14(23(33)34)19(17)35-24/h5,8-9,13,16,18,26H,2-4,6-7,10-12H2,1H3,(H,27,30)(H,28,32)(H,33,34)/t16-,18+/m1/s1. The zero-order chi connectivity index (χ0) is 24.5. The first-order chi connectivity index (χ1) is 16.9. The molecule has 1 saturated heterocycles. The first-order valence-corrected chi connectivity index (χ1v) is 13.3. The largest absolute Gasteiger partial charge is 0.478 e. The van der Waals surface area contributed by atoms with Crippen molar-refractivity contribution in [3.05, 3.63) is 40.4 Å². The molecule has 4 N–H and O–H groups in total. The molecular weight excluding hydrogens is 488 g/mol. The van der Waals surface area contributed by atoms with Crippen LogP contribution < -0.4 is 15.5 Å². The summed E-state index contributed by atoms with van der Waals surface area (Å²) in [5.74, 6) is -0.965. The molecule has 2 fully saturated rings. The van der Waals surface area contributed by atoms with E-state index in [9.17, 15) is 14.7 Å². The number of anilines is 1. The number of piperidine rings is 1. The van der Waals surface area contributed by atoms with E-state index in [4.69, 9.17) is 16.6 Å². The molecule has 2 atom stereocenters. The summed E-state index contributed by atoms with van der Waals surface area (Å²) in [5, 5.41) is 17.7. The van der Waals surface area contributed by atoms with Crippen molar-refractivity contribution in [1.82, 2.24) is 25.6 Å². The first kappa shape index (κ1) is 24.0. The van der Waals surface area contributed by atoms with Gasteiger partial charge >= 0.3 is 5.97 Å². The number of fused-ring (bicyclic) bond motifs is 1. The predicted octanol–water partition coefficient (Wildman–Crippen LogP) is 3.84. The number of hydrogen-bond acceptors (Lipinski definition) is 7. The SMILES string of the molecule is CCc1[nH]c(C(=O)N[C@@H]2CCN(c3nc4cccc(C(=O)O)c4s3)C[C@@H]2NC2CCCC2)nc1Cl. The number of aromatic nitrogens is 3. The Morgan fingerprint density at radius 2 is 2.03 bits per heavy atom. The monoisotopic (exact) mass is 516 g/mol. The van der Waals surface area contributed by atoms with Gasteiger partial charge in [-0.2, -0.15) is 0 Å². The quantitative estimate of drug-likeness (QED) is 0.376. The molecule has 186 valence electrons. The van der Waals surface area contributed by atoms with Gasteiger partial charge < -0.3 is 25.6 Å². The van der Waals surface area contributed by atoms with Gasteiger partial charge in [0.1, 0.15) is 0 Å². The van der Waals surface area contributed by atoms with Crippen molar-refractivity contribution in [1.29, 1.82) is 0 Å². The average molecular weight is 517 g/mol. The molecule has 5 rings (SSSR count). The fourth-order valence-electron chi connectivity index (χ4n) is 5.07. The number of thiazole rings is 1. The van der Waals surface area contributed by atoms with Gasteiger partial charge in [0.25, 0.3) is 5.91 Å². The predicted molar refractivity (Wildman–Crippen MR) is 137 cm³/mol. The summed E-state index contributed by atoms with van der Waals surface area (Å²) in [5.41, 5.74) is 1.73. The minimum atomic E-state index is -0.947. The van der Waals surface area contributed by atoms with E-state index in [1.807, 2.05) is 13.0 Å².